The Kier molecular flexibility index (Phi) is 3.38. The van der Waals surface area contributed by atoms with E-state index in [1.54, 1.807) is 24.3 Å². The van der Waals surface area contributed by atoms with Crippen LogP contribution in [0.15, 0.2) is 42.5 Å². The normalized spacial score (nSPS) is 10.3. The molecule has 2 aromatic carbocycles. The lowest BCUT2D eigenvalue weighted by Crippen LogP contribution is -2.04. The van der Waals surface area contributed by atoms with Crippen LogP contribution in [0.4, 0.5) is 14.5 Å². The van der Waals surface area contributed by atoms with Gasteiger partial charge in [0.2, 0.25) is 0 Å². The smallest absolute Gasteiger partial charge is 0.146 e. The Bertz CT molecular complexity index is 503. The molecule has 2 aromatic rings. The summed E-state index contributed by atoms with van der Waals surface area (Å²) in [5.41, 5.74) is 1.76. The van der Waals surface area contributed by atoms with Gasteiger partial charge in [-0.25, -0.2) is 8.78 Å². The van der Waals surface area contributed by atoms with Gasteiger partial charge in [0.15, 0.2) is 0 Å². The van der Waals surface area contributed by atoms with Crippen LogP contribution >= 0.6 is 0 Å². The van der Waals surface area contributed by atoms with Crippen molar-refractivity contribution in [1.29, 1.82) is 0 Å². The van der Waals surface area contributed by atoms with E-state index in [1.807, 2.05) is 13.0 Å². The Balaban J connectivity index is 2.16. The predicted octanol–water partition coefficient (Wildman–Crippen LogP) is 3.89. The van der Waals surface area contributed by atoms with Crippen molar-refractivity contribution in [2.45, 2.75) is 13.5 Å². The summed E-state index contributed by atoms with van der Waals surface area (Å²) >= 11 is 0. The molecule has 0 atom stereocenters. The molecule has 17 heavy (non-hydrogen) atoms. The first-order valence-electron chi connectivity index (χ1n) is 5.41. The van der Waals surface area contributed by atoms with Crippen LogP contribution in [0.2, 0.25) is 0 Å². The zero-order valence-corrected chi connectivity index (χ0v) is 9.50. The molecule has 0 aliphatic heterocycles. The van der Waals surface area contributed by atoms with E-state index in [0.29, 0.717) is 11.3 Å². The van der Waals surface area contributed by atoms with Crippen molar-refractivity contribution in [3.05, 3.63) is 65.2 Å². The van der Waals surface area contributed by atoms with Crippen LogP contribution in [0.5, 0.6) is 0 Å². The molecule has 0 aliphatic rings. The number of halogens is 2. The number of rotatable bonds is 3. The number of nitrogens with one attached hydrogen (secondary N) is 1. The van der Waals surface area contributed by atoms with Gasteiger partial charge in [0.1, 0.15) is 11.6 Å². The zero-order chi connectivity index (χ0) is 12.3. The van der Waals surface area contributed by atoms with Gasteiger partial charge in [0.05, 0.1) is 5.69 Å². The highest BCUT2D eigenvalue weighted by Gasteiger charge is 2.06. The Hall–Kier alpha value is -1.90. The second-order valence-corrected chi connectivity index (χ2v) is 3.88. The zero-order valence-electron chi connectivity index (χ0n) is 9.50. The van der Waals surface area contributed by atoms with Crippen molar-refractivity contribution in [3.63, 3.8) is 0 Å². The Morgan fingerprint density at radius 1 is 0.941 bits per heavy atom. The molecule has 3 heteroatoms. The third-order valence-corrected chi connectivity index (χ3v) is 2.64. The van der Waals surface area contributed by atoms with E-state index in [2.05, 4.69) is 5.32 Å². The number of aryl methyl sites for hydroxylation is 1. The van der Waals surface area contributed by atoms with E-state index in [9.17, 15) is 8.78 Å². The molecular formula is C14H13F2N. The SMILES string of the molecule is Cc1cccc(F)c1NCc1ccccc1F. The maximum Gasteiger partial charge on any atom is 0.146 e. The Labute approximate surface area is 99.1 Å². The molecule has 2 rings (SSSR count). The maximum atomic E-state index is 13.5. The van der Waals surface area contributed by atoms with Gasteiger partial charge in [-0.15, -0.1) is 0 Å². The molecule has 1 N–H and O–H groups in total. The van der Waals surface area contributed by atoms with E-state index in [4.69, 9.17) is 0 Å². The van der Waals surface area contributed by atoms with Gasteiger partial charge >= 0.3 is 0 Å². The average molecular weight is 233 g/mol. The average Bonchev–Trinajstić information content (AvgIpc) is 2.30. The van der Waals surface area contributed by atoms with Crippen molar-refractivity contribution in [1.82, 2.24) is 0 Å². The van der Waals surface area contributed by atoms with Gasteiger partial charge in [0.25, 0.3) is 0 Å². The fraction of sp³-hybridized carbons (Fsp3) is 0.143. The number of hydrogen-bond donors (Lipinski definition) is 1. The lowest BCUT2D eigenvalue weighted by molar-refractivity contribution is 0.610. The summed E-state index contributed by atoms with van der Waals surface area (Å²) in [6.45, 7) is 2.08. The molecule has 0 aliphatic carbocycles. The second kappa shape index (κ2) is 4.95. The summed E-state index contributed by atoms with van der Waals surface area (Å²) < 4.78 is 26.9. The van der Waals surface area contributed by atoms with Crippen LogP contribution < -0.4 is 5.32 Å². The molecule has 0 aromatic heterocycles. The summed E-state index contributed by atoms with van der Waals surface area (Å²) in [5.74, 6) is -0.602. The van der Waals surface area contributed by atoms with Crippen molar-refractivity contribution in [2.24, 2.45) is 0 Å². The summed E-state index contributed by atoms with van der Waals surface area (Å²) in [5, 5.41) is 2.92. The third-order valence-electron chi connectivity index (χ3n) is 2.64. The van der Waals surface area contributed by atoms with Gasteiger partial charge in [0, 0.05) is 12.1 Å². The standard InChI is InChI=1S/C14H13F2N/c1-10-5-4-8-13(16)14(10)17-9-11-6-2-3-7-12(11)15/h2-8,17H,9H2,1H3. The first-order chi connectivity index (χ1) is 8.18. The molecule has 0 saturated heterocycles. The van der Waals surface area contributed by atoms with Crippen molar-refractivity contribution >= 4 is 5.69 Å². The monoisotopic (exact) mass is 233 g/mol. The van der Waals surface area contributed by atoms with Crippen molar-refractivity contribution < 1.29 is 8.78 Å². The van der Waals surface area contributed by atoms with Crippen molar-refractivity contribution in [3.8, 4) is 0 Å². The molecule has 88 valence electrons. The fourth-order valence-electron chi connectivity index (χ4n) is 1.68. The molecule has 0 amide bonds. The fourth-order valence-corrected chi connectivity index (χ4v) is 1.68. The van der Waals surface area contributed by atoms with E-state index in [-0.39, 0.29) is 18.2 Å². The van der Waals surface area contributed by atoms with Gasteiger partial charge in [-0.3, -0.25) is 0 Å². The van der Waals surface area contributed by atoms with E-state index >= 15 is 0 Å². The van der Waals surface area contributed by atoms with Gasteiger partial charge < -0.3 is 5.32 Å². The molecular weight excluding hydrogens is 220 g/mol. The van der Waals surface area contributed by atoms with Crippen LogP contribution in [-0.4, -0.2) is 0 Å². The molecule has 0 saturated carbocycles. The summed E-state index contributed by atoms with van der Waals surface area (Å²) in [6, 6.07) is 11.3. The van der Waals surface area contributed by atoms with Crippen LogP contribution in [-0.2, 0) is 6.54 Å². The third kappa shape index (κ3) is 2.61. The molecule has 0 heterocycles. The highest BCUT2D eigenvalue weighted by atomic mass is 19.1. The van der Waals surface area contributed by atoms with Gasteiger partial charge in [-0.2, -0.15) is 0 Å². The Morgan fingerprint density at radius 2 is 1.65 bits per heavy atom. The van der Waals surface area contributed by atoms with E-state index < -0.39 is 0 Å². The lowest BCUT2D eigenvalue weighted by Gasteiger charge is -2.10. The quantitative estimate of drug-likeness (QED) is 0.848. The number of para-hydroxylation sites is 1. The highest BCUT2D eigenvalue weighted by Crippen LogP contribution is 2.20. The van der Waals surface area contributed by atoms with E-state index in [0.717, 1.165) is 5.56 Å². The number of anilines is 1. The molecule has 0 fully saturated rings. The van der Waals surface area contributed by atoms with Crippen LogP contribution in [0.1, 0.15) is 11.1 Å². The Morgan fingerprint density at radius 3 is 2.35 bits per heavy atom. The summed E-state index contributed by atoms with van der Waals surface area (Å²) in [4.78, 5) is 0. The highest BCUT2D eigenvalue weighted by molar-refractivity contribution is 5.52. The first kappa shape index (κ1) is 11.6. The minimum atomic E-state index is -0.318. The lowest BCUT2D eigenvalue weighted by atomic mass is 10.1. The van der Waals surface area contributed by atoms with E-state index in [1.165, 1.54) is 12.1 Å². The maximum absolute atomic E-state index is 13.5. The number of hydrogen-bond acceptors (Lipinski definition) is 1. The van der Waals surface area contributed by atoms with Gasteiger partial charge in [-0.1, -0.05) is 30.3 Å². The topological polar surface area (TPSA) is 12.0 Å². The predicted molar refractivity (Wildman–Crippen MR) is 64.9 cm³/mol. The van der Waals surface area contributed by atoms with Crippen LogP contribution in [0.25, 0.3) is 0 Å². The molecule has 1 nitrogen and oxygen atoms in total. The number of benzene rings is 2. The first-order valence-corrected chi connectivity index (χ1v) is 5.41. The summed E-state index contributed by atoms with van der Waals surface area (Å²) in [7, 11) is 0. The minimum Gasteiger partial charge on any atom is -0.378 e. The molecule has 0 spiro atoms. The minimum absolute atomic E-state index is 0.272. The van der Waals surface area contributed by atoms with Gasteiger partial charge in [-0.05, 0) is 24.6 Å². The summed E-state index contributed by atoms with van der Waals surface area (Å²) in [6.07, 6.45) is 0. The van der Waals surface area contributed by atoms with Crippen LogP contribution in [0, 0.1) is 18.6 Å². The van der Waals surface area contributed by atoms with Crippen molar-refractivity contribution in [2.75, 3.05) is 5.32 Å². The largest absolute Gasteiger partial charge is 0.378 e. The van der Waals surface area contributed by atoms with Crippen LogP contribution in [0.3, 0.4) is 0 Å². The molecule has 0 unspecified atom stereocenters. The second-order valence-electron chi connectivity index (χ2n) is 3.88. The molecule has 0 radical (unpaired) electrons. The molecule has 0 bridgehead atoms.